The van der Waals surface area contributed by atoms with Crippen LogP contribution >= 0.6 is 46.6 Å². The minimum absolute atomic E-state index is 0.0379. The first kappa shape index (κ1) is 18.2. The second kappa shape index (κ2) is 7.83. The molecule has 1 aromatic heterocycles. The summed E-state index contributed by atoms with van der Waals surface area (Å²) < 4.78 is 8.38. The average molecular weight is 426 g/mol. The highest BCUT2D eigenvalue weighted by Crippen LogP contribution is 2.47. The fourth-order valence-corrected chi connectivity index (χ4v) is 5.01. The zero-order chi connectivity index (χ0) is 18.1. The predicted octanol–water partition coefficient (Wildman–Crippen LogP) is 6.28. The Kier molecular flexibility index (Phi) is 5.48. The largest absolute Gasteiger partial charge is 0.368 e. The van der Waals surface area contributed by atoms with Crippen LogP contribution in [0.1, 0.15) is 17.2 Å². The molecule has 0 radical (unpaired) electrons. The smallest absolute Gasteiger partial charge is 0.0979 e. The molecule has 2 heterocycles. The van der Waals surface area contributed by atoms with Gasteiger partial charge in [0.05, 0.1) is 34.3 Å². The third-order valence-corrected chi connectivity index (χ3v) is 6.54. The minimum atomic E-state index is -0.0379. The van der Waals surface area contributed by atoms with Gasteiger partial charge in [0.15, 0.2) is 0 Å². The lowest BCUT2D eigenvalue weighted by atomic mass is 10.1. The topological polar surface area (TPSA) is 27.1 Å². The van der Waals surface area contributed by atoms with E-state index in [1.807, 2.05) is 36.8 Å². The van der Waals surface area contributed by atoms with Gasteiger partial charge in [-0.25, -0.2) is 4.98 Å². The third-order valence-electron chi connectivity index (χ3n) is 4.26. The van der Waals surface area contributed by atoms with Crippen molar-refractivity contribution >= 4 is 46.6 Å². The maximum atomic E-state index is 6.31. The normalized spacial score (nSPS) is 18.9. The zero-order valence-electron chi connectivity index (χ0n) is 13.6. The second-order valence-electron chi connectivity index (χ2n) is 6.08. The number of nitrogens with zero attached hydrogens (tertiary/aromatic N) is 2. The monoisotopic (exact) mass is 424 g/mol. The first-order valence-corrected chi connectivity index (χ1v) is 10.1. The number of thioether (sulfide) groups is 1. The summed E-state index contributed by atoms with van der Waals surface area (Å²) in [6.45, 7) is 1.27. The van der Waals surface area contributed by atoms with Crippen molar-refractivity contribution in [2.75, 3.05) is 0 Å². The van der Waals surface area contributed by atoms with E-state index < -0.39 is 0 Å². The number of rotatable bonds is 5. The van der Waals surface area contributed by atoms with Crippen LogP contribution in [0.5, 0.6) is 0 Å². The summed E-state index contributed by atoms with van der Waals surface area (Å²) in [7, 11) is 0. The Morgan fingerprint density at radius 3 is 2.73 bits per heavy atom. The molecule has 0 aliphatic carbocycles. The molecule has 0 saturated carbocycles. The molecule has 3 nitrogen and oxygen atoms in total. The maximum Gasteiger partial charge on any atom is 0.0979 e. The molecule has 7 heteroatoms. The molecule has 0 bridgehead atoms. The molecule has 2 atom stereocenters. The predicted molar refractivity (Wildman–Crippen MR) is 107 cm³/mol. The lowest BCUT2D eigenvalue weighted by molar-refractivity contribution is 0.0367. The molecule has 1 aliphatic rings. The van der Waals surface area contributed by atoms with Gasteiger partial charge in [0.2, 0.25) is 0 Å². The van der Waals surface area contributed by atoms with Crippen molar-refractivity contribution in [3.8, 4) is 0 Å². The SMILES string of the molecule is Clc1ccc2c(c1)S[C@H](Cn1ccnc1)[C@@H]2OCc1ccc(Cl)c(Cl)c1. The van der Waals surface area contributed by atoms with Gasteiger partial charge >= 0.3 is 0 Å². The summed E-state index contributed by atoms with van der Waals surface area (Å²) in [5.74, 6) is 0. The Labute approximate surface area is 171 Å². The van der Waals surface area contributed by atoms with Crippen molar-refractivity contribution in [3.05, 3.63) is 81.3 Å². The summed E-state index contributed by atoms with van der Waals surface area (Å²) in [6, 6.07) is 11.5. The summed E-state index contributed by atoms with van der Waals surface area (Å²) in [5, 5.41) is 2.06. The Morgan fingerprint density at radius 1 is 1.08 bits per heavy atom. The van der Waals surface area contributed by atoms with E-state index in [4.69, 9.17) is 39.5 Å². The molecule has 0 amide bonds. The van der Waals surface area contributed by atoms with Crippen LogP contribution in [0, 0.1) is 0 Å². The van der Waals surface area contributed by atoms with Gasteiger partial charge < -0.3 is 9.30 Å². The molecule has 1 aliphatic heterocycles. The Bertz CT molecular complexity index is 917. The third kappa shape index (κ3) is 3.90. The highest BCUT2D eigenvalue weighted by atomic mass is 35.5. The van der Waals surface area contributed by atoms with Crippen LogP contribution in [0.2, 0.25) is 15.1 Å². The van der Waals surface area contributed by atoms with Crippen molar-refractivity contribution in [2.24, 2.45) is 0 Å². The molecule has 0 spiro atoms. The highest BCUT2D eigenvalue weighted by Gasteiger charge is 2.34. The molecule has 4 rings (SSSR count). The molecule has 26 heavy (non-hydrogen) atoms. The van der Waals surface area contributed by atoms with E-state index in [1.165, 1.54) is 10.5 Å². The minimum Gasteiger partial charge on any atom is -0.368 e. The van der Waals surface area contributed by atoms with E-state index >= 15 is 0 Å². The molecule has 134 valence electrons. The van der Waals surface area contributed by atoms with E-state index in [-0.39, 0.29) is 11.4 Å². The van der Waals surface area contributed by atoms with E-state index in [9.17, 15) is 0 Å². The van der Waals surface area contributed by atoms with Crippen LogP contribution in [0.25, 0.3) is 0 Å². The number of hydrogen-bond donors (Lipinski definition) is 0. The van der Waals surface area contributed by atoms with Crippen molar-refractivity contribution in [1.82, 2.24) is 9.55 Å². The first-order valence-electron chi connectivity index (χ1n) is 8.07. The van der Waals surface area contributed by atoms with E-state index in [0.29, 0.717) is 16.7 Å². The van der Waals surface area contributed by atoms with Gasteiger partial charge in [-0.15, -0.1) is 11.8 Å². The zero-order valence-corrected chi connectivity index (χ0v) is 16.7. The van der Waals surface area contributed by atoms with E-state index in [2.05, 4.69) is 15.6 Å². The summed E-state index contributed by atoms with van der Waals surface area (Å²) in [6.07, 6.45) is 5.54. The summed E-state index contributed by atoms with van der Waals surface area (Å²) in [4.78, 5) is 5.30. The number of imidazole rings is 1. The first-order chi connectivity index (χ1) is 12.6. The van der Waals surface area contributed by atoms with Gasteiger partial charge in [-0.05, 0) is 35.4 Å². The van der Waals surface area contributed by atoms with Crippen LogP contribution in [-0.2, 0) is 17.9 Å². The number of fused-ring (bicyclic) bond motifs is 1. The van der Waals surface area contributed by atoms with Crippen molar-refractivity contribution in [2.45, 2.75) is 29.4 Å². The van der Waals surface area contributed by atoms with Gasteiger partial charge in [-0.3, -0.25) is 0 Å². The quantitative estimate of drug-likeness (QED) is 0.481. The maximum absolute atomic E-state index is 6.31. The Hall–Kier alpha value is -1.17. The molecule has 0 N–H and O–H groups in total. The van der Waals surface area contributed by atoms with Crippen LogP contribution in [-0.4, -0.2) is 14.8 Å². The van der Waals surface area contributed by atoms with Gasteiger partial charge in [-0.2, -0.15) is 0 Å². The van der Waals surface area contributed by atoms with Crippen LogP contribution in [0.3, 0.4) is 0 Å². The molecule has 0 fully saturated rings. The number of benzene rings is 2. The number of ether oxygens (including phenoxy) is 1. The van der Waals surface area contributed by atoms with Crippen LogP contribution in [0.4, 0.5) is 0 Å². The molecule has 2 aromatic carbocycles. The van der Waals surface area contributed by atoms with Gasteiger partial charge in [0.1, 0.15) is 0 Å². The standard InChI is InChI=1S/C19H15Cl3N2OS/c20-13-2-3-14-17(8-13)26-18(9-24-6-5-23-11-24)19(14)25-10-12-1-4-15(21)16(22)7-12/h1-8,11,18-19H,9-10H2/t18-,19-/m1/s1. The highest BCUT2D eigenvalue weighted by molar-refractivity contribution is 8.00. The van der Waals surface area contributed by atoms with Crippen LogP contribution < -0.4 is 0 Å². The second-order valence-corrected chi connectivity index (χ2v) is 8.61. The molecule has 3 aromatic rings. The van der Waals surface area contributed by atoms with Gasteiger partial charge in [-0.1, -0.05) is 46.9 Å². The number of hydrogen-bond acceptors (Lipinski definition) is 3. The fraction of sp³-hybridized carbons (Fsp3) is 0.211. The fourth-order valence-electron chi connectivity index (χ4n) is 3.02. The van der Waals surface area contributed by atoms with Crippen molar-refractivity contribution in [3.63, 3.8) is 0 Å². The molecular formula is C19H15Cl3N2OS. The summed E-state index contributed by atoms with van der Waals surface area (Å²) >= 11 is 20.1. The van der Waals surface area contributed by atoms with Crippen molar-refractivity contribution in [1.29, 1.82) is 0 Å². The van der Waals surface area contributed by atoms with Crippen molar-refractivity contribution < 1.29 is 4.74 Å². The molecule has 0 saturated heterocycles. The van der Waals surface area contributed by atoms with Crippen LogP contribution in [0.15, 0.2) is 60.0 Å². The Balaban J connectivity index is 1.56. The number of aromatic nitrogens is 2. The Morgan fingerprint density at radius 2 is 1.96 bits per heavy atom. The lowest BCUT2D eigenvalue weighted by Crippen LogP contribution is -2.19. The molecule has 0 unspecified atom stereocenters. The lowest BCUT2D eigenvalue weighted by Gasteiger charge is -2.21. The average Bonchev–Trinajstić information content (AvgIpc) is 3.23. The number of halogens is 3. The molecular weight excluding hydrogens is 411 g/mol. The van der Waals surface area contributed by atoms with E-state index in [0.717, 1.165) is 17.1 Å². The van der Waals surface area contributed by atoms with E-state index in [1.54, 1.807) is 24.0 Å². The van der Waals surface area contributed by atoms with Gasteiger partial charge in [0.25, 0.3) is 0 Å². The summed E-state index contributed by atoms with van der Waals surface area (Å²) in [5.41, 5.74) is 2.16. The van der Waals surface area contributed by atoms with Gasteiger partial charge in [0, 0.05) is 28.9 Å².